The molecule has 0 aliphatic carbocycles. The average Bonchev–Trinajstić information content (AvgIpc) is 3.17. The Labute approximate surface area is 117 Å². The van der Waals surface area contributed by atoms with Gasteiger partial charge in [0.25, 0.3) is 5.91 Å². The zero-order chi connectivity index (χ0) is 13.9. The summed E-state index contributed by atoms with van der Waals surface area (Å²) in [5.74, 6) is 0.158. The summed E-state index contributed by atoms with van der Waals surface area (Å²) in [7, 11) is 0. The van der Waals surface area contributed by atoms with Crippen LogP contribution >= 0.6 is 0 Å². The molecular weight excluding hydrogens is 254 g/mol. The lowest BCUT2D eigenvalue weighted by Gasteiger charge is -2.14. The number of nitrogens with one attached hydrogen (secondary N) is 1. The summed E-state index contributed by atoms with van der Waals surface area (Å²) in [6.07, 6.45) is 0.863. The molecule has 3 rings (SSSR count). The average molecular weight is 271 g/mol. The number of benzene rings is 1. The number of carbonyl (C=O) groups is 1. The maximum Gasteiger partial charge on any atom is 0.271 e. The molecule has 104 valence electrons. The molecule has 1 aliphatic heterocycles. The molecule has 0 spiro atoms. The Morgan fingerprint density at radius 1 is 1.40 bits per heavy atom. The highest BCUT2D eigenvalue weighted by Gasteiger charge is 2.27. The van der Waals surface area contributed by atoms with Crippen molar-refractivity contribution in [1.82, 2.24) is 15.1 Å². The smallest absolute Gasteiger partial charge is 0.271 e. The van der Waals surface area contributed by atoms with E-state index < -0.39 is 0 Å². The van der Waals surface area contributed by atoms with Crippen molar-refractivity contribution in [3.05, 3.63) is 42.1 Å². The molecule has 1 aromatic heterocycles. The van der Waals surface area contributed by atoms with Crippen molar-refractivity contribution in [1.29, 1.82) is 0 Å². The highest BCUT2D eigenvalue weighted by atomic mass is 16.3. The van der Waals surface area contributed by atoms with Gasteiger partial charge in [0, 0.05) is 31.2 Å². The first kappa shape index (κ1) is 12.9. The summed E-state index contributed by atoms with van der Waals surface area (Å²) < 4.78 is 0. The first-order valence-corrected chi connectivity index (χ1v) is 6.79. The standard InChI is InChI=1S/C15H17N3O2/c19-10-11-6-7-18(9-11)15(20)14-8-13(16-17-14)12-4-2-1-3-5-12/h1-5,8,11,19H,6-7,9-10H2,(H,16,17). The Kier molecular flexibility index (Phi) is 3.52. The van der Waals surface area contributed by atoms with Crippen molar-refractivity contribution in [3.8, 4) is 11.3 Å². The van der Waals surface area contributed by atoms with Crippen LogP contribution < -0.4 is 0 Å². The molecule has 0 radical (unpaired) electrons. The van der Waals surface area contributed by atoms with E-state index in [4.69, 9.17) is 5.11 Å². The van der Waals surface area contributed by atoms with Crippen LogP contribution in [0, 0.1) is 5.92 Å². The normalized spacial score (nSPS) is 18.4. The first-order chi connectivity index (χ1) is 9.78. The fraction of sp³-hybridized carbons (Fsp3) is 0.333. The predicted molar refractivity (Wildman–Crippen MR) is 75.1 cm³/mol. The lowest BCUT2D eigenvalue weighted by molar-refractivity contribution is 0.0776. The van der Waals surface area contributed by atoms with Gasteiger partial charge in [0.15, 0.2) is 0 Å². The van der Waals surface area contributed by atoms with Gasteiger partial charge in [-0.3, -0.25) is 9.89 Å². The van der Waals surface area contributed by atoms with Crippen LogP contribution in [0.4, 0.5) is 0 Å². The number of rotatable bonds is 3. The van der Waals surface area contributed by atoms with Crippen molar-refractivity contribution in [2.45, 2.75) is 6.42 Å². The summed E-state index contributed by atoms with van der Waals surface area (Å²) in [6, 6.07) is 11.5. The Morgan fingerprint density at radius 2 is 2.20 bits per heavy atom. The van der Waals surface area contributed by atoms with Gasteiger partial charge in [0.05, 0.1) is 5.69 Å². The Hall–Kier alpha value is -2.14. The minimum atomic E-state index is -0.0457. The molecule has 0 bridgehead atoms. The Morgan fingerprint density at radius 3 is 2.90 bits per heavy atom. The lowest BCUT2D eigenvalue weighted by Crippen LogP contribution is -2.29. The summed E-state index contributed by atoms with van der Waals surface area (Å²) in [6.45, 7) is 1.46. The summed E-state index contributed by atoms with van der Waals surface area (Å²) in [4.78, 5) is 14.1. The minimum Gasteiger partial charge on any atom is -0.396 e. The van der Waals surface area contributed by atoms with Crippen LogP contribution in [-0.4, -0.2) is 45.8 Å². The van der Waals surface area contributed by atoms with E-state index in [9.17, 15) is 4.79 Å². The molecule has 1 fully saturated rings. The first-order valence-electron chi connectivity index (χ1n) is 6.79. The summed E-state index contributed by atoms with van der Waals surface area (Å²) in [5.41, 5.74) is 2.26. The van der Waals surface area contributed by atoms with Gasteiger partial charge in [-0.1, -0.05) is 30.3 Å². The fourth-order valence-electron chi connectivity index (χ4n) is 2.52. The van der Waals surface area contributed by atoms with Gasteiger partial charge in [0.1, 0.15) is 5.69 Å². The van der Waals surface area contributed by atoms with Gasteiger partial charge in [-0.15, -0.1) is 0 Å². The van der Waals surface area contributed by atoms with Crippen LogP contribution in [0.2, 0.25) is 0 Å². The highest BCUT2D eigenvalue weighted by Crippen LogP contribution is 2.20. The van der Waals surface area contributed by atoms with E-state index in [0.29, 0.717) is 18.8 Å². The molecule has 1 aliphatic rings. The molecule has 5 nitrogen and oxygen atoms in total. The number of H-pyrrole nitrogens is 1. The third-order valence-electron chi connectivity index (χ3n) is 3.71. The Bertz CT molecular complexity index is 594. The predicted octanol–water partition coefficient (Wildman–Crippen LogP) is 1.53. The van der Waals surface area contributed by atoms with Gasteiger partial charge in [-0.2, -0.15) is 5.10 Å². The largest absolute Gasteiger partial charge is 0.396 e. The van der Waals surface area contributed by atoms with Crippen LogP contribution in [0.15, 0.2) is 36.4 Å². The fourth-order valence-corrected chi connectivity index (χ4v) is 2.52. The number of hydrogen-bond donors (Lipinski definition) is 2. The molecule has 20 heavy (non-hydrogen) atoms. The molecule has 2 aromatic rings. The van der Waals surface area contributed by atoms with Crippen molar-refractivity contribution in [2.75, 3.05) is 19.7 Å². The number of hydrogen-bond acceptors (Lipinski definition) is 3. The third-order valence-corrected chi connectivity index (χ3v) is 3.71. The van der Waals surface area contributed by atoms with Crippen LogP contribution in [0.5, 0.6) is 0 Å². The maximum atomic E-state index is 12.3. The second-order valence-electron chi connectivity index (χ2n) is 5.12. The quantitative estimate of drug-likeness (QED) is 0.889. The molecule has 1 aromatic carbocycles. The third kappa shape index (κ3) is 2.44. The van der Waals surface area contributed by atoms with Crippen LogP contribution in [0.25, 0.3) is 11.3 Å². The van der Waals surface area contributed by atoms with Crippen LogP contribution in [0.3, 0.4) is 0 Å². The van der Waals surface area contributed by atoms with Gasteiger partial charge < -0.3 is 10.0 Å². The number of aliphatic hydroxyl groups is 1. The lowest BCUT2D eigenvalue weighted by atomic mass is 10.1. The van der Waals surface area contributed by atoms with E-state index in [1.165, 1.54) is 0 Å². The van der Waals surface area contributed by atoms with E-state index in [1.54, 1.807) is 11.0 Å². The van der Waals surface area contributed by atoms with Gasteiger partial charge in [-0.25, -0.2) is 0 Å². The topological polar surface area (TPSA) is 69.2 Å². The van der Waals surface area contributed by atoms with Crippen LogP contribution in [-0.2, 0) is 0 Å². The minimum absolute atomic E-state index is 0.0457. The maximum absolute atomic E-state index is 12.3. The number of aromatic nitrogens is 2. The molecule has 1 atom stereocenters. The van der Waals surface area contributed by atoms with E-state index in [1.807, 2.05) is 30.3 Å². The van der Waals surface area contributed by atoms with E-state index in [2.05, 4.69) is 10.2 Å². The van der Waals surface area contributed by atoms with E-state index in [0.717, 1.165) is 17.7 Å². The molecule has 5 heteroatoms. The van der Waals surface area contributed by atoms with E-state index in [-0.39, 0.29) is 18.4 Å². The van der Waals surface area contributed by atoms with Crippen molar-refractivity contribution in [2.24, 2.45) is 5.92 Å². The molecule has 1 unspecified atom stereocenters. The van der Waals surface area contributed by atoms with Crippen LogP contribution in [0.1, 0.15) is 16.9 Å². The number of likely N-dealkylation sites (tertiary alicyclic amines) is 1. The highest BCUT2D eigenvalue weighted by molar-refractivity contribution is 5.93. The van der Waals surface area contributed by atoms with Gasteiger partial charge in [-0.05, 0) is 12.5 Å². The number of carbonyl (C=O) groups excluding carboxylic acids is 1. The van der Waals surface area contributed by atoms with Gasteiger partial charge in [0.2, 0.25) is 0 Å². The van der Waals surface area contributed by atoms with Gasteiger partial charge >= 0.3 is 0 Å². The monoisotopic (exact) mass is 271 g/mol. The number of aliphatic hydroxyl groups excluding tert-OH is 1. The molecule has 2 heterocycles. The van der Waals surface area contributed by atoms with Crippen molar-refractivity contribution in [3.63, 3.8) is 0 Å². The van der Waals surface area contributed by atoms with E-state index >= 15 is 0 Å². The molecule has 1 amide bonds. The molecular formula is C15H17N3O2. The molecule has 0 saturated carbocycles. The second-order valence-corrected chi connectivity index (χ2v) is 5.12. The zero-order valence-electron chi connectivity index (χ0n) is 11.1. The van der Waals surface area contributed by atoms with Crippen molar-refractivity contribution < 1.29 is 9.90 Å². The second kappa shape index (κ2) is 5.46. The number of amides is 1. The number of aromatic amines is 1. The summed E-state index contributed by atoms with van der Waals surface area (Å²) in [5, 5.41) is 16.1. The molecule has 1 saturated heterocycles. The zero-order valence-corrected chi connectivity index (χ0v) is 11.1. The Balaban J connectivity index is 1.76. The molecule has 2 N–H and O–H groups in total. The van der Waals surface area contributed by atoms with Crippen molar-refractivity contribution >= 4 is 5.91 Å². The SMILES string of the molecule is O=C(c1cc(-c2ccccc2)n[nH]1)N1CCC(CO)C1. The summed E-state index contributed by atoms with van der Waals surface area (Å²) >= 11 is 0. The number of nitrogens with zero attached hydrogens (tertiary/aromatic N) is 2.